The quantitative estimate of drug-likeness (QED) is 0.859. The van der Waals surface area contributed by atoms with Gasteiger partial charge >= 0.3 is 0 Å². The van der Waals surface area contributed by atoms with Crippen LogP contribution in [0.5, 0.6) is 0 Å². The van der Waals surface area contributed by atoms with Gasteiger partial charge in [-0.2, -0.15) is 0 Å². The minimum atomic E-state index is -0.404. The molecule has 2 heterocycles. The van der Waals surface area contributed by atoms with Crippen molar-refractivity contribution in [2.24, 2.45) is 0 Å². The summed E-state index contributed by atoms with van der Waals surface area (Å²) in [4.78, 5) is 6.87. The number of halogens is 4. The fraction of sp³-hybridized carbons (Fsp3) is 0.462. The molecule has 0 saturated carbocycles. The van der Waals surface area contributed by atoms with E-state index in [2.05, 4.69) is 22.1 Å². The summed E-state index contributed by atoms with van der Waals surface area (Å²) in [6, 6.07) is 3.53. The number of benzene rings is 1. The van der Waals surface area contributed by atoms with Gasteiger partial charge in [-0.15, -0.1) is 24.8 Å². The number of fused-ring (bicyclic) bond motifs is 1. The lowest BCUT2D eigenvalue weighted by molar-refractivity contribution is 0.466. The van der Waals surface area contributed by atoms with Crippen LogP contribution in [0.2, 0.25) is 5.02 Å². The summed E-state index contributed by atoms with van der Waals surface area (Å²) < 4.78 is 14.4. The largest absolute Gasteiger partial charge is 0.343 e. The zero-order valence-corrected chi connectivity index (χ0v) is 14.6. The molecule has 1 fully saturated rings. The number of aromatic nitrogens is 1. The maximum Gasteiger partial charge on any atom is 0.186 e. The molecule has 1 aromatic heterocycles. The van der Waals surface area contributed by atoms with Crippen LogP contribution in [0.3, 0.4) is 0 Å². The molecule has 8 heteroatoms. The van der Waals surface area contributed by atoms with Crippen LogP contribution in [-0.4, -0.2) is 30.7 Å². The van der Waals surface area contributed by atoms with Gasteiger partial charge in [0.2, 0.25) is 0 Å². The summed E-state index contributed by atoms with van der Waals surface area (Å²) >= 11 is 7.40. The highest BCUT2D eigenvalue weighted by atomic mass is 35.5. The van der Waals surface area contributed by atoms with Crippen LogP contribution in [0.15, 0.2) is 12.1 Å². The predicted molar refractivity (Wildman–Crippen MR) is 93.4 cm³/mol. The lowest BCUT2D eigenvalue weighted by Crippen LogP contribution is -2.51. The summed E-state index contributed by atoms with van der Waals surface area (Å²) in [5.41, 5.74) is 0.690. The van der Waals surface area contributed by atoms with Crippen molar-refractivity contribution in [2.45, 2.75) is 19.4 Å². The Bertz CT molecular complexity index is 569. The van der Waals surface area contributed by atoms with E-state index >= 15 is 0 Å². The van der Waals surface area contributed by atoms with E-state index in [0.717, 1.165) is 35.9 Å². The van der Waals surface area contributed by atoms with Crippen molar-refractivity contribution in [3.8, 4) is 0 Å². The maximum atomic E-state index is 13.5. The summed E-state index contributed by atoms with van der Waals surface area (Å²) in [6.07, 6.45) is 1.07. The Morgan fingerprint density at radius 3 is 2.95 bits per heavy atom. The molecule has 1 aromatic carbocycles. The molecule has 21 heavy (non-hydrogen) atoms. The van der Waals surface area contributed by atoms with E-state index in [9.17, 15) is 4.39 Å². The molecule has 1 aliphatic rings. The van der Waals surface area contributed by atoms with E-state index < -0.39 is 5.82 Å². The zero-order valence-electron chi connectivity index (χ0n) is 11.4. The fourth-order valence-corrected chi connectivity index (χ4v) is 3.72. The molecule has 1 saturated heterocycles. The van der Waals surface area contributed by atoms with Gasteiger partial charge < -0.3 is 10.2 Å². The monoisotopic (exact) mass is 371 g/mol. The highest BCUT2D eigenvalue weighted by Crippen LogP contribution is 2.33. The lowest BCUT2D eigenvalue weighted by Gasteiger charge is -2.35. The predicted octanol–water partition coefficient (Wildman–Crippen LogP) is 4.12. The van der Waals surface area contributed by atoms with Gasteiger partial charge in [0.25, 0.3) is 0 Å². The van der Waals surface area contributed by atoms with Crippen molar-refractivity contribution in [2.75, 3.05) is 24.5 Å². The summed E-state index contributed by atoms with van der Waals surface area (Å²) in [5, 5.41) is 4.52. The van der Waals surface area contributed by atoms with Crippen LogP contribution in [0.4, 0.5) is 9.52 Å². The number of hydrogen-bond donors (Lipinski definition) is 1. The molecule has 1 aliphatic heterocycles. The van der Waals surface area contributed by atoms with Crippen molar-refractivity contribution in [1.29, 1.82) is 0 Å². The van der Waals surface area contributed by atoms with E-state index in [-0.39, 0.29) is 29.8 Å². The number of piperazine rings is 1. The van der Waals surface area contributed by atoms with Gasteiger partial charge in [0.15, 0.2) is 5.13 Å². The summed E-state index contributed by atoms with van der Waals surface area (Å²) in [5.74, 6) is -0.404. The highest BCUT2D eigenvalue weighted by Gasteiger charge is 2.23. The van der Waals surface area contributed by atoms with E-state index in [1.54, 1.807) is 17.4 Å². The Labute approximate surface area is 144 Å². The van der Waals surface area contributed by atoms with Gasteiger partial charge in [-0.3, -0.25) is 0 Å². The summed E-state index contributed by atoms with van der Waals surface area (Å²) in [6.45, 7) is 5.05. The van der Waals surface area contributed by atoms with Crippen molar-refractivity contribution in [3.63, 3.8) is 0 Å². The highest BCUT2D eigenvalue weighted by molar-refractivity contribution is 7.22. The van der Waals surface area contributed by atoms with Crippen molar-refractivity contribution >= 4 is 63.1 Å². The van der Waals surface area contributed by atoms with Crippen LogP contribution < -0.4 is 10.2 Å². The molecular formula is C13H17Cl3FN3S. The van der Waals surface area contributed by atoms with Gasteiger partial charge in [-0.05, 0) is 12.5 Å². The molecule has 1 N–H and O–H groups in total. The average molecular weight is 373 g/mol. The topological polar surface area (TPSA) is 28.2 Å². The number of thiazole rings is 1. The molecule has 0 unspecified atom stereocenters. The van der Waals surface area contributed by atoms with Crippen LogP contribution >= 0.6 is 47.8 Å². The van der Waals surface area contributed by atoms with Gasteiger partial charge in [-0.25, -0.2) is 9.37 Å². The molecule has 2 aromatic rings. The number of anilines is 1. The van der Waals surface area contributed by atoms with Crippen molar-refractivity contribution < 1.29 is 4.39 Å². The number of rotatable bonds is 2. The second-order valence-electron chi connectivity index (χ2n) is 4.69. The number of hydrogen-bond acceptors (Lipinski definition) is 4. The van der Waals surface area contributed by atoms with Crippen LogP contribution in [0.1, 0.15) is 13.3 Å². The number of nitrogens with one attached hydrogen (secondary N) is 1. The molecule has 118 valence electrons. The third kappa shape index (κ3) is 3.71. The third-order valence-corrected chi connectivity index (χ3v) is 4.83. The molecule has 1 atom stereocenters. The van der Waals surface area contributed by atoms with Gasteiger partial charge in [-0.1, -0.05) is 29.9 Å². The van der Waals surface area contributed by atoms with Crippen molar-refractivity contribution in [1.82, 2.24) is 10.3 Å². The Balaban J connectivity index is 0.00000110. The zero-order chi connectivity index (χ0) is 13.4. The van der Waals surface area contributed by atoms with E-state index in [4.69, 9.17) is 11.6 Å². The van der Waals surface area contributed by atoms with Gasteiger partial charge in [0.05, 0.1) is 15.2 Å². The van der Waals surface area contributed by atoms with Crippen LogP contribution in [0.25, 0.3) is 10.2 Å². The van der Waals surface area contributed by atoms with Gasteiger partial charge in [0, 0.05) is 31.7 Å². The standard InChI is InChI=1S/C13H15ClFN3S.2ClH/c1-2-8-7-16-3-4-18(8)13-17-11-6-10(15)9(14)5-12(11)19-13;;/h5-6,8,16H,2-4,7H2,1H3;2*1H/t8-;;/m0../s1. The van der Waals surface area contributed by atoms with E-state index in [0.29, 0.717) is 11.6 Å². The first kappa shape index (κ1) is 18.7. The first-order chi connectivity index (χ1) is 9.19. The van der Waals surface area contributed by atoms with E-state index in [1.165, 1.54) is 6.07 Å². The second kappa shape index (κ2) is 7.79. The Morgan fingerprint density at radius 2 is 2.24 bits per heavy atom. The molecular weight excluding hydrogens is 356 g/mol. The van der Waals surface area contributed by atoms with Gasteiger partial charge in [0.1, 0.15) is 5.82 Å². The molecule has 0 radical (unpaired) electrons. The fourth-order valence-electron chi connectivity index (χ4n) is 2.41. The normalized spacial score (nSPS) is 18.2. The first-order valence-electron chi connectivity index (χ1n) is 6.42. The Kier molecular flexibility index (Phi) is 6.94. The molecule has 3 rings (SSSR count). The molecule has 0 aliphatic carbocycles. The third-order valence-electron chi connectivity index (χ3n) is 3.49. The molecule has 0 amide bonds. The molecule has 0 bridgehead atoms. The van der Waals surface area contributed by atoms with Crippen LogP contribution in [0, 0.1) is 5.82 Å². The molecule has 3 nitrogen and oxygen atoms in total. The van der Waals surface area contributed by atoms with Crippen molar-refractivity contribution in [3.05, 3.63) is 23.0 Å². The minimum absolute atomic E-state index is 0. The lowest BCUT2D eigenvalue weighted by atomic mass is 10.1. The summed E-state index contributed by atoms with van der Waals surface area (Å²) in [7, 11) is 0. The second-order valence-corrected chi connectivity index (χ2v) is 6.11. The number of nitrogens with zero attached hydrogens (tertiary/aromatic N) is 2. The van der Waals surface area contributed by atoms with E-state index in [1.807, 2.05) is 0 Å². The smallest absolute Gasteiger partial charge is 0.186 e. The Morgan fingerprint density at radius 1 is 1.48 bits per heavy atom. The maximum absolute atomic E-state index is 13.5. The van der Waals surface area contributed by atoms with Crippen LogP contribution in [-0.2, 0) is 0 Å². The SMILES string of the molecule is CC[C@H]1CNCCN1c1nc2cc(F)c(Cl)cc2s1.Cl.Cl. The minimum Gasteiger partial charge on any atom is -0.343 e. The average Bonchev–Trinajstić information content (AvgIpc) is 2.82. The molecule has 0 spiro atoms. The first-order valence-corrected chi connectivity index (χ1v) is 7.61. The Hall–Kier alpha value is -0.330.